The van der Waals surface area contributed by atoms with Crippen molar-refractivity contribution >= 4 is 9.84 Å². The number of nitrogens with two attached hydrogens (primary N) is 1. The molecule has 2 N–H and O–H groups in total. The Kier molecular flexibility index (Phi) is 4.96. The number of hydrogen-bond acceptors (Lipinski definition) is 4. The first-order valence-corrected chi connectivity index (χ1v) is 7.33. The van der Waals surface area contributed by atoms with Crippen molar-refractivity contribution in [2.45, 2.75) is 12.7 Å². The normalized spacial score (nSPS) is 13.4. The van der Waals surface area contributed by atoms with Crippen molar-refractivity contribution in [3.63, 3.8) is 0 Å². The summed E-state index contributed by atoms with van der Waals surface area (Å²) in [5, 5.41) is 0. The van der Waals surface area contributed by atoms with Gasteiger partial charge in [-0.25, -0.2) is 8.42 Å². The second-order valence-corrected chi connectivity index (χ2v) is 6.32. The molecule has 1 aromatic carbocycles. The molecule has 0 spiro atoms. The molecule has 17 heavy (non-hydrogen) atoms. The van der Waals surface area contributed by atoms with Gasteiger partial charge in [0.25, 0.3) is 0 Å². The van der Waals surface area contributed by atoms with E-state index in [-0.39, 0.29) is 17.4 Å². The van der Waals surface area contributed by atoms with Crippen molar-refractivity contribution in [3.05, 3.63) is 29.8 Å². The van der Waals surface area contributed by atoms with Gasteiger partial charge in [-0.3, -0.25) is 0 Å². The van der Waals surface area contributed by atoms with E-state index in [2.05, 4.69) is 0 Å². The number of ether oxygens (including phenoxy) is 1. The monoisotopic (exact) mass is 257 g/mol. The topological polar surface area (TPSA) is 69.4 Å². The smallest absolute Gasteiger partial charge is 0.154 e. The van der Waals surface area contributed by atoms with E-state index < -0.39 is 9.84 Å². The third-order valence-electron chi connectivity index (χ3n) is 2.51. The van der Waals surface area contributed by atoms with Gasteiger partial charge in [0.1, 0.15) is 5.75 Å². The van der Waals surface area contributed by atoms with Gasteiger partial charge in [0.15, 0.2) is 9.84 Å². The average molecular weight is 257 g/mol. The summed E-state index contributed by atoms with van der Waals surface area (Å²) in [7, 11) is -1.60. The molecule has 0 heterocycles. The molecule has 1 atom stereocenters. The lowest BCUT2D eigenvalue weighted by Gasteiger charge is -2.11. The summed E-state index contributed by atoms with van der Waals surface area (Å²) in [5.41, 5.74) is 6.13. The average Bonchev–Trinajstić information content (AvgIpc) is 2.28. The molecule has 1 rings (SSSR count). The Hall–Kier alpha value is -1.07. The van der Waals surface area contributed by atoms with Crippen LogP contribution in [0.2, 0.25) is 0 Å². The quantitative estimate of drug-likeness (QED) is 0.831. The van der Waals surface area contributed by atoms with Crippen LogP contribution < -0.4 is 10.5 Å². The van der Waals surface area contributed by atoms with Gasteiger partial charge in [0.05, 0.1) is 18.6 Å². The lowest BCUT2D eigenvalue weighted by molar-refractivity contribution is 0.411. The Balaban J connectivity index is 2.83. The van der Waals surface area contributed by atoms with E-state index in [1.54, 1.807) is 18.2 Å². The Morgan fingerprint density at radius 3 is 2.59 bits per heavy atom. The molecule has 0 aliphatic heterocycles. The van der Waals surface area contributed by atoms with E-state index >= 15 is 0 Å². The van der Waals surface area contributed by atoms with Gasteiger partial charge >= 0.3 is 0 Å². The van der Waals surface area contributed by atoms with E-state index in [1.807, 2.05) is 13.0 Å². The molecule has 0 radical (unpaired) electrons. The van der Waals surface area contributed by atoms with Crippen molar-refractivity contribution in [1.82, 2.24) is 0 Å². The van der Waals surface area contributed by atoms with E-state index in [9.17, 15) is 8.42 Å². The molecule has 0 aromatic heterocycles. The Bertz CT molecular complexity index is 457. The molecular weight excluding hydrogens is 238 g/mol. The maximum Gasteiger partial charge on any atom is 0.154 e. The summed E-state index contributed by atoms with van der Waals surface area (Å²) in [6.45, 7) is 2.21. The van der Waals surface area contributed by atoms with Crippen LogP contribution in [0.25, 0.3) is 0 Å². The molecule has 96 valence electrons. The second kappa shape index (κ2) is 6.02. The summed E-state index contributed by atoms with van der Waals surface area (Å²) in [6, 6.07) is 7.15. The highest BCUT2D eigenvalue weighted by molar-refractivity contribution is 7.90. The van der Waals surface area contributed by atoms with Gasteiger partial charge in [0, 0.05) is 5.56 Å². The van der Waals surface area contributed by atoms with Crippen LogP contribution in [-0.2, 0) is 15.6 Å². The zero-order valence-electron chi connectivity index (χ0n) is 10.2. The summed E-state index contributed by atoms with van der Waals surface area (Å²) in [5.74, 6) is 0.703. The first-order valence-electron chi connectivity index (χ1n) is 5.51. The first kappa shape index (κ1) is 14.0. The van der Waals surface area contributed by atoms with Crippen molar-refractivity contribution in [1.29, 1.82) is 0 Å². The minimum atomic E-state index is -3.14. The van der Waals surface area contributed by atoms with Crippen LogP contribution in [0.4, 0.5) is 0 Å². The number of para-hydroxylation sites is 1. The van der Waals surface area contributed by atoms with Gasteiger partial charge in [-0.2, -0.15) is 0 Å². The molecule has 1 unspecified atom stereocenters. The van der Waals surface area contributed by atoms with E-state index in [0.29, 0.717) is 17.9 Å². The lowest BCUT2D eigenvalue weighted by atomic mass is 10.2. The summed E-state index contributed by atoms with van der Waals surface area (Å²) >= 11 is 0. The number of hydrogen-bond donors (Lipinski definition) is 1. The molecule has 0 aliphatic rings. The molecule has 0 aliphatic carbocycles. The van der Waals surface area contributed by atoms with Crippen LogP contribution in [0.15, 0.2) is 24.3 Å². The highest BCUT2D eigenvalue weighted by atomic mass is 32.2. The number of benzene rings is 1. The van der Waals surface area contributed by atoms with E-state index in [4.69, 9.17) is 10.5 Å². The second-order valence-electron chi connectivity index (χ2n) is 4.21. The molecular formula is C12H19NO3S. The van der Waals surface area contributed by atoms with Crippen LogP contribution in [0.1, 0.15) is 12.5 Å². The molecule has 0 saturated carbocycles. The fourth-order valence-corrected chi connectivity index (χ4v) is 3.45. The molecule has 0 amide bonds. The standard InChI is InChI=1S/C12H19NO3S/c1-10(7-13)8-17(14,15)9-11-5-3-4-6-12(11)16-2/h3-6,10H,7-9,13H2,1-2H3. The van der Waals surface area contributed by atoms with Crippen molar-refractivity contribution in [2.75, 3.05) is 19.4 Å². The predicted molar refractivity (Wildman–Crippen MR) is 68.7 cm³/mol. The third kappa shape index (κ3) is 4.36. The molecule has 5 heteroatoms. The van der Waals surface area contributed by atoms with Crippen LogP contribution in [0.5, 0.6) is 5.75 Å². The zero-order valence-corrected chi connectivity index (χ0v) is 11.0. The minimum absolute atomic E-state index is 0.00134. The van der Waals surface area contributed by atoms with Crippen molar-refractivity contribution in [2.24, 2.45) is 11.7 Å². The van der Waals surface area contributed by atoms with Crippen molar-refractivity contribution in [3.8, 4) is 5.75 Å². The molecule has 1 aromatic rings. The summed E-state index contributed by atoms with van der Waals surface area (Å²) in [6.07, 6.45) is 0. The largest absolute Gasteiger partial charge is 0.496 e. The van der Waals surface area contributed by atoms with Crippen LogP contribution >= 0.6 is 0 Å². The molecule has 0 saturated heterocycles. The van der Waals surface area contributed by atoms with E-state index in [0.717, 1.165) is 0 Å². The van der Waals surface area contributed by atoms with Gasteiger partial charge < -0.3 is 10.5 Å². The third-order valence-corrected chi connectivity index (χ3v) is 4.34. The number of sulfone groups is 1. The molecule has 0 bridgehead atoms. The van der Waals surface area contributed by atoms with Gasteiger partial charge in [-0.1, -0.05) is 25.1 Å². The lowest BCUT2D eigenvalue weighted by Crippen LogP contribution is -2.22. The maximum atomic E-state index is 11.9. The van der Waals surface area contributed by atoms with Crippen LogP contribution in [0.3, 0.4) is 0 Å². The number of methoxy groups -OCH3 is 1. The highest BCUT2D eigenvalue weighted by Gasteiger charge is 2.17. The van der Waals surface area contributed by atoms with Crippen LogP contribution in [0, 0.1) is 5.92 Å². The Morgan fingerprint density at radius 2 is 2.00 bits per heavy atom. The van der Waals surface area contributed by atoms with Gasteiger partial charge in [0.2, 0.25) is 0 Å². The predicted octanol–water partition coefficient (Wildman–Crippen LogP) is 1.20. The maximum absolute atomic E-state index is 11.9. The van der Waals surface area contributed by atoms with Gasteiger partial charge in [-0.15, -0.1) is 0 Å². The minimum Gasteiger partial charge on any atom is -0.496 e. The zero-order chi connectivity index (χ0) is 12.9. The highest BCUT2D eigenvalue weighted by Crippen LogP contribution is 2.20. The fraction of sp³-hybridized carbons (Fsp3) is 0.500. The first-order chi connectivity index (χ1) is 7.98. The fourth-order valence-electron chi connectivity index (χ4n) is 1.62. The Morgan fingerprint density at radius 1 is 1.35 bits per heavy atom. The van der Waals surface area contributed by atoms with Gasteiger partial charge in [-0.05, 0) is 18.5 Å². The molecule has 4 nitrogen and oxygen atoms in total. The molecule has 0 fully saturated rings. The van der Waals surface area contributed by atoms with Crippen molar-refractivity contribution < 1.29 is 13.2 Å². The number of rotatable bonds is 6. The Labute approximate surface area is 103 Å². The van der Waals surface area contributed by atoms with E-state index in [1.165, 1.54) is 7.11 Å². The SMILES string of the molecule is COc1ccccc1CS(=O)(=O)CC(C)CN. The van der Waals surface area contributed by atoms with Crippen LogP contribution in [-0.4, -0.2) is 27.8 Å². The summed E-state index contributed by atoms with van der Waals surface area (Å²) in [4.78, 5) is 0. The summed E-state index contributed by atoms with van der Waals surface area (Å²) < 4.78 is 29.0.